The maximum Gasteiger partial charge on any atom is 0.271 e. The molecule has 0 radical (unpaired) electrons. The third-order valence-electron chi connectivity index (χ3n) is 2.26. The first-order valence-corrected chi connectivity index (χ1v) is 7.56. The van der Waals surface area contributed by atoms with Crippen LogP contribution in [0, 0.1) is 10.1 Å². The molecule has 0 aromatic heterocycles. The molecule has 1 aromatic rings. The summed E-state index contributed by atoms with van der Waals surface area (Å²) in [7, 11) is -3.08. The highest BCUT2D eigenvalue weighted by Crippen LogP contribution is 2.17. The lowest BCUT2D eigenvalue weighted by Gasteiger charge is -2.04. The lowest BCUT2D eigenvalue weighted by atomic mass is 10.2. The summed E-state index contributed by atoms with van der Waals surface area (Å²) in [6.45, 7) is 0. The van der Waals surface area contributed by atoms with Crippen molar-refractivity contribution < 1.29 is 18.1 Å². The SMILES string of the molecule is CS(=O)(=O)CCCC(=O)Nc1cccc([N+](=O)[O-])c1. The van der Waals surface area contributed by atoms with E-state index in [2.05, 4.69) is 5.32 Å². The standard InChI is InChI=1S/C11H14N2O5S/c1-19(17,18)7-3-6-11(14)12-9-4-2-5-10(8-9)13(15)16/h2,4-5,8H,3,6-7H2,1H3,(H,12,14). The van der Waals surface area contributed by atoms with Crippen molar-refractivity contribution in [1.82, 2.24) is 0 Å². The van der Waals surface area contributed by atoms with Crippen LogP contribution in [0.3, 0.4) is 0 Å². The van der Waals surface area contributed by atoms with E-state index in [1.165, 1.54) is 24.3 Å². The largest absolute Gasteiger partial charge is 0.326 e. The number of carbonyl (C=O) groups excluding carboxylic acids is 1. The number of non-ortho nitro benzene ring substituents is 1. The van der Waals surface area contributed by atoms with E-state index in [-0.39, 0.29) is 30.2 Å². The number of nitro benzene ring substituents is 1. The fourth-order valence-electron chi connectivity index (χ4n) is 1.42. The molecular formula is C11H14N2O5S. The summed E-state index contributed by atoms with van der Waals surface area (Å²) in [6, 6.07) is 5.56. The minimum atomic E-state index is -3.08. The Kier molecular flexibility index (Phi) is 4.99. The molecule has 7 nitrogen and oxygen atoms in total. The van der Waals surface area contributed by atoms with Gasteiger partial charge in [-0.15, -0.1) is 0 Å². The Morgan fingerprint density at radius 3 is 2.68 bits per heavy atom. The Morgan fingerprint density at radius 1 is 1.42 bits per heavy atom. The van der Waals surface area contributed by atoms with Gasteiger partial charge < -0.3 is 5.32 Å². The molecule has 0 aliphatic heterocycles. The zero-order valence-electron chi connectivity index (χ0n) is 10.3. The summed E-state index contributed by atoms with van der Waals surface area (Å²) in [6.07, 6.45) is 1.38. The van der Waals surface area contributed by atoms with E-state index in [0.29, 0.717) is 5.69 Å². The second-order valence-corrected chi connectivity index (χ2v) is 6.35. The smallest absolute Gasteiger partial charge is 0.271 e. The number of anilines is 1. The van der Waals surface area contributed by atoms with Gasteiger partial charge in [0, 0.05) is 30.5 Å². The van der Waals surface area contributed by atoms with Gasteiger partial charge in [0.05, 0.1) is 10.7 Å². The number of rotatable bonds is 6. The Balaban J connectivity index is 2.53. The molecule has 1 N–H and O–H groups in total. The molecule has 0 unspecified atom stereocenters. The van der Waals surface area contributed by atoms with Gasteiger partial charge in [-0.3, -0.25) is 14.9 Å². The van der Waals surface area contributed by atoms with Gasteiger partial charge in [-0.2, -0.15) is 0 Å². The van der Waals surface area contributed by atoms with Gasteiger partial charge in [0.1, 0.15) is 9.84 Å². The van der Waals surface area contributed by atoms with Crippen molar-refractivity contribution in [2.24, 2.45) is 0 Å². The molecule has 0 atom stereocenters. The molecule has 0 aliphatic rings. The number of nitro groups is 1. The van der Waals surface area contributed by atoms with Crippen LogP contribution >= 0.6 is 0 Å². The fourth-order valence-corrected chi connectivity index (χ4v) is 2.08. The summed E-state index contributed by atoms with van der Waals surface area (Å²) in [5, 5.41) is 13.0. The Labute approximate surface area is 110 Å². The van der Waals surface area contributed by atoms with Crippen molar-refractivity contribution >= 4 is 27.1 Å². The number of hydrogen-bond acceptors (Lipinski definition) is 5. The van der Waals surface area contributed by atoms with Crippen molar-refractivity contribution in [1.29, 1.82) is 0 Å². The van der Waals surface area contributed by atoms with Crippen molar-refractivity contribution in [3.63, 3.8) is 0 Å². The molecule has 8 heteroatoms. The predicted molar refractivity (Wildman–Crippen MR) is 70.7 cm³/mol. The highest BCUT2D eigenvalue weighted by atomic mass is 32.2. The topological polar surface area (TPSA) is 106 Å². The number of nitrogens with zero attached hydrogens (tertiary/aromatic N) is 1. The summed E-state index contributed by atoms with van der Waals surface area (Å²) < 4.78 is 21.8. The summed E-state index contributed by atoms with van der Waals surface area (Å²) >= 11 is 0. The van der Waals surface area contributed by atoms with Crippen LogP contribution in [0.4, 0.5) is 11.4 Å². The first kappa shape index (κ1) is 15.1. The van der Waals surface area contributed by atoms with Crippen LogP contribution in [0.5, 0.6) is 0 Å². The normalized spacial score (nSPS) is 11.0. The Bertz CT molecular complexity index is 583. The third kappa shape index (κ3) is 5.96. The summed E-state index contributed by atoms with van der Waals surface area (Å²) in [5.41, 5.74) is 0.201. The van der Waals surface area contributed by atoms with E-state index in [1.54, 1.807) is 0 Å². The zero-order valence-corrected chi connectivity index (χ0v) is 11.1. The fraction of sp³-hybridized carbons (Fsp3) is 0.364. The van der Waals surface area contributed by atoms with Gasteiger partial charge in [-0.1, -0.05) is 6.07 Å². The van der Waals surface area contributed by atoms with Gasteiger partial charge in [0.15, 0.2) is 0 Å². The van der Waals surface area contributed by atoms with Crippen LogP contribution in [-0.4, -0.2) is 31.3 Å². The van der Waals surface area contributed by atoms with Crippen molar-refractivity contribution in [2.45, 2.75) is 12.8 Å². The van der Waals surface area contributed by atoms with E-state index in [9.17, 15) is 23.3 Å². The number of sulfone groups is 1. The molecule has 0 saturated carbocycles. The van der Waals surface area contributed by atoms with Gasteiger partial charge in [0.2, 0.25) is 5.91 Å². The average molecular weight is 286 g/mol. The van der Waals surface area contributed by atoms with Crippen LogP contribution in [0.1, 0.15) is 12.8 Å². The van der Waals surface area contributed by atoms with E-state index >= 15 is 0 Å². The predicted octanol–water partition coefficient (Wildman–Crippen LogP) is 1.36. The van der Waals surface area contributed by atoms with Crippen molar-refractivity contribution in [3.8, 4) is 0 Å². The highest BCUT2D eigenvalue weighted by molar-refractivity contribution is 7.90. The molecule has 0 heterocycles. The number of nitrogens with one attached hydrogen (secondary N) is 1. The second-order valence-electron chi connectivity index (χ2n) is 4.09. The maximum absolute atomic E-state index is 11.5. The van der Waals surface area contributed by atoms with Gasteiger partial charge in [-0.05, 0) is 12.5 Å². The molecule has 0 aliphatic carbocycles. The summed E-state index contributed by atoms with van der Waals surface area (Å²) in [5.74, 6) is -0.431. The molecule has 19 heavy (non-hydrogen) atoms. The summed E-state index contributed by atoms with van der Waals surface area (Å²) in [4.78, 5) is 21.5. The Hall–Kier alpha value is -1.96. The zero-order chi connectivity index (χ0) is 14.5. The minimum Gasteiger partial charge on any atom is -0.326 e. The third-order valence-corrected chi connectivity index (χ3v) is 3.29. The lowest BCUT2D eigenvalue weighted by molar-refractivity contribution is -0.384. The molecule has 104 valence electrons. The monoisotopic (exact) mass is 286 g/mol. The van der Waals surface area contributed by atoms with E-state index in [0.717, 1.165) is 6.26 Å². The van der Waals surface area contributed by atoms with Crippen LogP contribution < -0.4 is 5.32 Å². The minimum absolute atomic E-state index is 0.0514. The highest BCUT2D eigenvalue weighted by Gasteiger charge is 2.09. The molecule has 1 aromatic carbocycles. The number of carbonyl (C=O) groups is 1. The average Bonchev–Trinajstić information content (AvgIpc) is 2.27. The van der Waals surface area contributed by atoms with Crippen molar-refractivity contribution in [3.05, 3.63) is 34.4 Å². The van der Waals surface area contributed by atoms with Crippen LogP contribution in [0.25, 0.3) is 0 Å². The number of hydrogen-bond donors (Lipinski definition) is 1. The first-order chi connectivity index (χ1) is 8.78. The van der Waals surface area contributed by atoms with E-state index in [1.807, 2.05) is 0 Å². The van der Waals surface area contributed by atoms with E-state index < -0.39 is 14.8 Å². The molecular weight excluding hydrogens is 272 g/mol. The van der Waals surface area contributed by atoms with Crippen LogP contribution in [-0.2, 0) is 14.6 Å². The van der Waals surface area contributed by atoms with Gasteiger partial charge in [-0.25, -0.2) is 8.42 Å². The molecule has 0 bridgehead atoms. The number of benzene rings is 1. The van der Waals surface area contributed by atoms with Crippen LogP contribution in [0.2, 0.25) is 0 Å². The molecule has 1 rings (SSSR count). The van der Waals surface area contributed by atoms with E-state index in [4.69, 9.17) is 0 Å². The maximum atomic E-state index is 11.5. The molecule has 0 spiro atoms. The quantitative estimate of drug-likeness (QED) is 0.627. The van der Waals surface area contributed by atoms with Crippen molar-refractivity contribution in [2.75, 3.05) is 17.3 Å². The molecule has 0 fully saturated rings. The number of amides is 1. The first-order valence-electron chi connectivity index (χ1n) is 5.50. The van der Waals surface area contributed by atoms with Gasteiger partial charge in [0.25, 0.3) is 5.69 Å². The Morgan fingerprint density at radius 2 is 2.11 bits per heavy atom. The molecule has 1 amide bonds. The molecule has 0 saturated heterocycles. The van der Waals surface area contributed by atoms with Gasteiger partial charge >= 0.3 is 0 Å². The lowest BCUT2D eigenvalue weighted by Crippen LogP contribution is -2.13. The second kappa shape index (κ2) is 6.28. The van der Waals surface area contributed by atoms with Crippen LogP contribution in [0.15, 0.2) is 24.3 Å².